The molecule has 21 heavy (non-hydrogen) atoms. The number of halogens is 1. The molecule has 0 radical (unpaired) electrons. The summed E-state index contributed by atoms with van der Waals surface area (Å²) < 4.78 is 0. The minimum absolute atomic E-state index is 0.0563. The van der Waals surface area contributed by atoms with Crippen LogP contribution in [0.4, 0.5) is 4.79 Å². The van der Waals surface area contributed by atoms with E-state index in [4.69, 9.17) is 22.4 Å². The van der Waals surface area contributed by atoms with Crippen molar-refractivity contribution in [2.24, 2.45) is 5.73 Å². The highest BCUT2D eigenvalue weighted by atomic mass is 35.5. The summed E-state index contributed by atoms with van der Waals surface area (Å²) in [5.74, 6) is -0.550. The number of hydrogen-bond acceptors (Lipinski definition) is 3. The van der Waals surface area contributed by atoms with Gasteiger partial charge in [0.1, 0.15) is 0 Å². The minimum atomic E-state index is -0.885. The molecule has 1 aromatic rings. The fourth-order valence-corrected chi connectivity index (χ4v) is 2.79. The van der Waals surface area contributed by atoms with Crippen LogP contribution < -0.4 is 5.73 Å². The van der Waals surface area contributed by atoms with Crippen molar-refractivity contribution in [2.45, 2.75) is 19.5 Å². The molecule has 0 spiro atoms. The zero-order valence-electron chi connectivity index (χ0n) is 11.8. The summed E-state index contributed by atoms with van der Waals surface area (Å²) in [4.78, 5) is 25.9. The fourth-order valence-electron chi connectivity index (χ4n) is 2.58. The van der Waals surface area contributed by atoms with Crippen LogP contribution in [0.1, 0.15) is 22.8 Å². The van der Waals surface area contributed by atoms with Crippen LogP contribution >= 0.6 is 11.6 Å². The number of carbonyl (C=O) groups is 2. The van der Waals surface area contributed by atoms with Gasteiger partial charge in [0.25, 0.3) is 0 Å². The summed E-state index contributed by atoms with van der Waals surface area (Å²) in [5.41, 5.74) is 6.53. The maximum absolute atomic E-state index is 11.3. The molecule has 0 aliphatic carbocycles. The molecule has 1 fully saturated rings. The van der Waals surface area contributed by atoms with E-state index in [-0.39, 0.29) is 6.04 Å². The van der Waals surface area contributed by atoms with Crippen LogP contribution in [-0.2, 0) is 6.54 Å². The van der Waals surface area contributed by atoms with E-state index in [1.807, 2.05) is 13.0 Å². The zero-order valence-corrected chi connectivity index (χ0v) is 12.5. The van der Waals surface area contributed by atoms with Gasteiger partial charge in [-0.3, -0.25) is 9.69 Å². The van der Waals surface area contributed by atoms with E-state index in [1.165, 1.54) is 4.90 Å². The van der Waals surface area contributed by atoms with E-state index < -0.39 is 12.0 Å². The molecule has 114 valence electrons. The highest BCUT2D eigenvalue weighted by molar-refractivity contribution is 6.33. The lowest BCUT2D eigenvalue weighted by molar-refractivity contribution is 0.0710. The molecule has 1 atom stereocenters. The molecular formula is C14H18ClN3O3. The van der Waals surface area contributed by atoms with E-state index in [2.05, 4.69) is 4.90 Å². The third-order valence-corrected chi connectivity index (χ3v) is 3.99. The molecule has 2 amide bonds. The van der Waals surface area contributed by atoms with Crippen molar-refractivity contribution in [3.05, 3.63) is 34.3 Å². The van der Waals surface area contributed by atoms with Crippen molar-refractivity contribution in [3.8, 4) is 0 Å². The van der Waals surface area contributed by atoms with Crippen LogP contribution in [0.2, 0.25) is 5.02 Å². The van der Waals surface area contributed by atoms with Crippen LogP contribution in [0.15, 0.2) is 18.2 Å². The van der Waals surface area contributed by atoms with Crippen molar-refractivity contribution in [1.82, 2.24) is 9.80 Å². The summed E-state index contributed by atoms with van der Waals surface area (Å²) in [6.07, 6.45) is -0.885. The number of rotatable bonds is 3. The summed E-state index contributed by atoms with van der Waals surface area (Å²) in [5, 5.41) is 9.40. The minimum Gasteiger partial charge on any atom is -0.465 e. The predicted octanol–water partition coefficient (Wildman–Crippen LogP) is 1.62. The number of primary amides is 1. The Bertz CT molecular complexity index is 564. The van der Waals surface area contributed by atoms with Gasteiger partial charge in [0.2, 0.25) is 5.91 Å². The van der Waals surface area contributed by atoms with Gasteiger partial charge in [0.15, 0.2) is 0 Å². The Morgan fingerprint density at radius 2 is 2.14 bits per heavy atom. The monoisotopic (exact) mass is 311 g/mol. The van der Waals surface area contributed by atoms with Gasteiger partial charge in [-0.15, -0.1) is 0 Å². The zero-order chi connectivity index (χ0) is 15.6. The van der Waals surface area contributed by atoms with E-state index >= 15 is 0 Å². The molecule has 0 saturated carbocycles. The first kappa shape index (κ1) is 15.6. The Hall–Kier alpha value is -1.79. The smallest absolute Gasteiger partial charge is 0.407 e. The number of amides is 2. The molecule has 1 aromatic carbocycles. The second kappa shape index (κ2) is 6.32. The number of nitrogens with zero attached hydrogens (tertiary/aromatic N) is 2. The molecule has 2 rings (SSSR count). The number of hydrogen-bond donors (Lipinski definition) is 2. The van der Waals surface area contributed by atoms with Crippen molar-refractivity contribution < 1.29 is 14.7 Å². The molecule has 0 aromatic heterocycles. The average molecular weight is 312 g/mol. The molecule has 0 unspecified atom stereocenters. The van der Waals surface area contributed by atoms with Crippen molar-refractivity contribution in [3.63, 3.8) is 0 Å². The number of carboxylic acid groups (broad SMARTS) is 1. The third-order valence-electron chi connectivity index (χ3n) is 3.66. The standard InChI is InChI=1S/C14H18ClN3O3/c1-9-7-17(4-5-18(9)14(20)21)8-10-2-3-12(15)11(6-10)13(16)19/h2-3,6,9H,4-5,7-8H2,1H3,(H2,16,19)(H,20,21)/t9-/m0/s1. The molecule has 6 nitrogen and oxygen atoms in total. The first-order chi connectivity index (χ1) is 9.88. The normalized spacial score (nSPS) is 19.5. The second-order valence-corrected chi connectivity index (χ2v) is 5.65. The third kappa shape index (κ3) is 3.65. The maximum Gasteiger partial charge on any atom is 0.407 e. The van der Waals surface area contributed by atoms with Gasteiger partial charge in [-0.2, -0.15) is 0 Å². The summed E-state index contributed by atoms with van der Waals surface area (Å²) >= 11 is 5.92. The molecule has 1 saturated heterocycles. The lowest BCUT2D eigenvalue weighted by Crippen LogP contribution is -2.53. The molecule has 1 aliphatic heterocycles. The van der Waals surface area contributed by atoms with E-state index in [0.29, 0.717) is 36.8 Å². The first-order valence-electron chi connectivity index (χ1n) is 6.68. The fraction of sp³-hybridized carbons (Fsp3) is 0.429. The van der Waals surface area contributed by atoms with Crippen LogP contribution in [0, 0.1) is 0 Å². The van der Waals surface area contributed by atoms with Crippen molar-refractivity contribution in [2.75, 3.05) is 19.6 Å². The van der Waals surface area contributed by atoms with E-state index in [1.54, 1.807) is 12.1 Å². The Kier molecular flexibility index (Phi) is 4.69. The van der Waals surface area contributed by atoms with Crippen molar-refractivity contribution >= 4 is 23.6 Å². The van der Waals surface area contributed by atoms with Crippen LogP contribution in [0.25, 0.3) is 0 Å². The Morgan fingerprint density at radius 1 is 1.43 bits per heavy atom. The molecule has 0 bridgehead atoms. The van der Waals surface area contributed by atoms with Crippen LogP contribution in [0.3, 0.4) is 0 Å². The highest BCUT2D eigenvalue weighted by Gasteiger charge is 2.27. The average Bonchev–Trinajstić information content (AvgIpc) is 2.40. The number of carbonyl (C=O) groups excluding carboxylic acids is 1. The lowest BCUT2D eigenvalue weighted by atomic mass is 10.1. The highest BCUT2D eigenvalue weighted by Crippen LogP contribution is 2.19. The van der Waals surface area contributed by atoms with Gasteiger partial charge in [0.05, 0.1) is 10.6 Å². The molecule has 3 N–H and O–H groups in total. The number of piperazine rings is 1. The van der Waals surface area contributed by atoms with Gasteiger partial charge in [-0.25, -0.2) is 4.79 Å². The molecule has 7 heteroatoms. The van der Waals surface area contributed by atoms with Gasteiger partial charge >= 0.3 is 6.09 Å². The summed E-state index contributed by atoms with van der Waals surface area (Å²) in [6.45, 7) is 4.31. The topological polar surface area (TPSA) is 86.9 Å². The molecule has 1 heterocycles. The molecule has 1 aliphatic rings. The van der Waals surface area contributed by atoms with Crippen molar-refractivity contribution in [1.29, 1.82) is 0 Å². The molecular weight excluding hydrogens is 294 g/mol. The predicted molar refractivity (Wildman–Crippen MR) is 79.4 cm³/mol. The maximum atomic E-state index is 11.3. The van der Waals surface area contributed by atoms with E-state index in [0.717, 1.165) is 5.56 Å². The van der Waals surface area contributed by atoms with Gasteiger partial charge in [-0.05, 0) is 24.6 Å². The largest absolute Gasteiger partial charge is 0.465 e. The van der Waals surface area contributed by atoms with Gasteiger partial charge in [-0.1, -0.05) is 17.7 Å². The quantitative estimate of drug-likeness (QED) is 0.888. The van der Waals surface area contributed by atoms with E-state index in [9.17, 15) is 9.59 Å². The first-order valence-corrected chi connectivity index (χ1v) is 7.06. The Morgan fingerprint density at radius 3 is 2.71 bits per heavy atom. The second-order valence-electron chi connectivity index (χ2n) is 5.24. The van der Waals surface area contributed by atoms with Crippen LogP contribution in [0.5, 0.6) is 0 Å². The SMILES string of the molecule is C[C@H]1CN(Cc2ccc(Cl)c(C(N)=O)c2)CCN1C(=O)O. The van der Waals surface area contributed by atoms with Gasteiger partial charge in [0, 0.05) is 32.2 Å². The Balaban J connectivity index is 2.05. The van der Waals surface area contributed by atoms with Gasteiger partial charge < -0.3 is 15.7 Å². The summed E-state index contributed by atoms with van der Waals surface area (Å²) in [7, 11) is 0. The number of nitrogens with two attached hydrogens (primary N) is 1. The number of benzene rings is 1. The Labute approximate surface area is 128 Å². The summed E-state index contributed by atoms with van der Waals surface area (Å²) in [6, 6.07) is 5.15. The lowest BCUT2D eigenvalue weighted by Gasteiger charge is -2.38. The van der Waals surface area contributed by atoms with Crippen LogP contribution in [-0.4, -0.2) is 52.6 Å².